The van der Waals surface area contributed by atoms with E-state index in [2.05, 4.69) is 37.0 Å². The first-order chi connectivity index (χ1) is 8.52. The Balaban J connectivity index is 2.49. The second-order valence-corrected chi connectivity index (χ2v) is 5.57. The van der Waals surface area contributed by atoms with Crippen LogP contribution >= 0.6 is 11.3 Å². The van der Waals surface area contributed by atoms with Crippen molar-refractivity contribution in [1.82, 2.24) is 4.98 Å². The predicted octanol–water partition coefficient (Wildman–Crippen LogP) is 2.73. The average Bonchev–Trinajstić information content (AvgIpc) is 2.73. The van der Waals surface area contributed by atoms with Crippen LogP contribution in [0.25, 0.3) is 10.6 Å². The zero-order valence-corrected chi connectivity index (χ0v) is 11.7. The Morgan fingerprint density at radius 1 is 1.33 bits per heavy atom. The number of nitrogens with zero attached hydrogens (tertiary/aromatic N) is 1. The molecule has 4 heteroatoms. The summed E-state index contributed by atoms with van der Waals surface area (Å²) in [5, 5.41) is 10.8. The molecule has 1 aromatic heterocycles. The molecule has 0 saturated carbocycles. The third kappa shape index (κ3) is 2.46. The van der Waals surface area contributed by atoms with E-state index in [9.17, 15) is 5.11 Å². The summed E-state index contributed by atoms with van der Waals surface area (Å²) in [6.07, 6.45) is -0.610. The monoisotopic (exact) mass is 262 g/mol. The molecule has 0 aliphatic carbocycles. The van der Waals surface area contributed by atoms with E-state index < -0.39 is 6.10 Å². The van der Waals surface area contributed by atoms with Gasteiger partial charge in [-0.3, -0.25) is 0 Å². The lowest BCUT2D eigenvalue weighted by Gasteiger charge is -2.04. The Morgan fingerprint density at radius 3 is 2.72 bits per heavy atom. The first kappa shape index (κ1) is 13.2. The number of aryl methyl sites for hydroxylation is 3. The van der Waals surface area contributed by atoms with E-state index in [4.69, 9.17) is 5.73 Å². The molecule has 1 atom stereocenters. The number of benzene rings is 1. The van der Waals surface area contributed by atoms with Gasteiger partial charge in [-0.15, -0.1) is 11.3 Å². The van der Waals surface area contributed by atoms with Crippen LogP contribution < -0.4 is 5.73 Å². The quantitative estimate of drug-likeness (QED) is 0.894. The van der Waals surface area contributed by atoms with Crippen molar-refractivity contribution >= 4 is 11.3 Å². The first-order valence-corrected chi connectivity index (χ1v) is 6.77. The Hall–Kier alpha value is -1.23. The maximum Gasteiger partial charge on any atom is 0.124 e. The average molecular weight is 262 g/mol. The second kappa shape index (κ2) is 5.18. The molecule has 18 heavy (non-hydrogen) atoms. The molecule has 0 saturated heterocycles. The van der Waals surface area contributed by atoms with Crippen LogP contribution in [0.5, 0.6) is 0 Å². The highest BCUT2D eigenvalue weighted by molar-refractivity contribution is 7.15. The van der Waals surface area contributed by atoms with Crippen molar-refractivity contribution in [1.29, 1.82) is 0 Å². The maximum absolute atomic E-state index is 9.84. The van der Waals surface area contributed by atoms with Crippen molar-refractivity contribution in [2.24, 2.45) is 5.73 Å². The molecule has 0 radical (unpaired) electrons. The summed E-state index contributed by atoms with van der Waals surface area (Å²) in [5.41, 5.74) is 9.92. The minimum atomic E-state index is -0.610. The van der Waals surface area contributed by atoms with Crippen molar-refractivity contribution in [3.63, 3.8) is 0 Å². The molecule has 1 heterocycles. The molecule has 1 aromatic carbocycles. The first-order valence-electron chi connectivity index (χ1n) is 5.96. The molecule has 3 nitrogen and oxygen atoms in total. The van der Waals surface area contributed by atoms with E-state index >= 15 is 0 Å². The molecule has 96 valence electrons. The second-order valence-electron chi connectivity index (χ2n) is 4.54. The fourth-order valence-electron chi connectivity index (χ4n) is 1.91. The van der Waals surface area contributed by atoms with Crippen molar-refractivity contribution in [2.75, 3.05) is 6.54 Å². The number of aliphatic hydroxyl groups is 1. The Morgan fingerprint density at radius 2 is 2.06 bits per heavy atom. The third-order valence-corrected chi connectivity index (χ3v) is 4.27. The van der Waals surface area contributed by atoms with Gasteiger partial charge in [0.2, 0.25) is 0 Å². The number of aliphatic hydroxyl groups excluding tert-OH is 1. The smallest absolute Gasteiger partial charge is 0.124 e. The molecule has 0 aliphatic heterocycles. The highest BCUT2D eigenvalue weighted by atomic mass is 32.1. The van der Waals surface area contributed by atoms with Crippen molar-refractivity contribution < 1.29 is 5.11 Å². The van der Waals surface area contributed by atoms with E-state index in [-0.39, 0.29) is 6.54 Å². The molecule has 0 aliphatic rings. The Bertz CT molecular complexity index is 563. The van der Waals surface area contributed by atoms with Crippen molar-refractivity contribution in [3.8, 4) is 10.6 Å². The molecular weight excluding hydrogens is 244 g/mol. The zero-order valence-electron chi connectivity index (χ0n) is 10.9. The summed E-state index contributed by atoms with van der Waals surface area (Å²) in [6, 6.07) is 6.32. The molecule has 0 spiro atoms. The Labute approximate surface area is 111 Å². The van der Waals surface area contributed by atoms with Crippen LogP contribution in [0.1, 0.15) is 27.8 Å². The van der Waals surface area contributed by atoms with Crippen LogP contribution in [-0.2, 0) is 0 Å². The van der Waals surface area contributed by atoms with Crippen LogP contribution in [0.3, 0.4) is 0 Å². The fourth-order valence-corrected chi connectivity index (χ4v) is 3.05. The summed E-state index contributed by atoms with van der Waals surface area (Å²) >= 11 is 1.53. The summed E-state index contributed by atoms with van der Waals surface area (Å²) < 4.78 is 0. The van der Waals surface area contributed by atoms with E-state index in [0.717, 1.165) is 21.1 Å². The number of thiazole rings is 1. The maximum atomic E-state index is 9.84. The van der Waals surface area contributed by atoms with Gasteiger partial charge in [0.15, 0.2) is 0 Å². The van der Waals surface area contributed by atoms with Crippen LogP contribution in [-0.4, -0.2) is 16.6 Å². The van der Waals surface area contributed by atoms with Crippen molar-refractivity contribution in [3.05, 3.63) is 39.9 Å². The molecule has 2 rings (SSSR count). The fraction of sp³-hybridized carbons (Fsp3) is 0.357. The molecule has 0 amide bonds. The van der Waals surface area contributed by atoms with Gasteiger partial charge in [-0.1, -0.05) is 17.7 Å². The van der Waals surface area contributed by atoms with Gasteiger partial charge < -0.3 is 10.8 Å². The lowest BCUT2D eigenvalue weighted by molar-refractivity contribution is 0.189. The minimum absolute atomic E-state index is 0.231. The van der Waals surface area contributed by atoms with Gasteiger partial charge in [0, 0.05) is 12.1 Å². The summed E-state index contributed by atoms with van der Waals surface area (Å²) in [4.78, 5) is 5.42. The minimum Gasteiger partial charge on any atom is -0.386 e. The van der Waals surface area contributed by atoms with Gasteiger partial charge in [-0.25, -0.2) is 4.98 Å². The topological polar surface area (TPSA) is 59.1 Å². The standard InChI is InChI=1S/C14H18N2OS/c1-8-4-5-9(2)11(6-8)14-16-10(3)13(18-14)12(17)7-15/h4-6,12,17H,7,15H2,1-3H3. The highest BCUT2D eigenvalue weighted by Crippen LogP contribution is 2.33. The summed E-state index contributed by atoms with van der Waals surface area (Å²) in [6.45, 7) is 6.29. The van der Waals surface area contributed by atoms with Gasteiger partial charge in [0.05, 0.1) is 10.6 Å². The van der Waals surface area contributed by atoms with E-state index in [1.54, 1.807) is 0 Å². The van der Waals surface area contributed by atoms with E-state index in [1.807, 2.05) is 6.92 Å². The number of hydrogen-bond acceptors (Lipinski definition) is 4. The summed E-state index contributed by atoms with van der Waals surface area (Å²) in [5.74, 6) is 0. The van der Waals surface area contributed by atoms with Crippen LogP contribution in [0, 0.1) is 20.8 Å². The van der Waals surface area contributed by atoms with Crippen LogP contribution in [0.2, 0.25) is 0 Å². The SMILES string of the molecule is Cc1ccc(C)c(-c2nc(C)c(C(O)CN)s2)c1. The van der Waals surface area contributed by atoms with Gasteiger partial charge in [0.25, 0.3) is 0 Å². The normalized spacial score (nSPS) is 12.7. The molecule has 2 aromatic rings. The van der Waals surface area contributed by atoms with Gasteiger partial charge in [0.1, 0.15) is 11.1 Å². The van der Waals surface area contributed by atoms with E-state index in [0.29, 0.717) is 0 Å². The predicted molar refractivity (Wildman–Crippen MR) is 75.8 cm³/mol. The van der Waals surface area contributed by atoms with E-state index in [1.165, 1.54) is 22.5 Å². The van der Waals surface area contributed by atoms with Gasteiger partial charge >= 0.3 is 0 Å². The lowest BCUT2D eigenvalue weighted by atomic mass is 10.1. The number of nitrogens with two attached hydrogens (primary N) is 1. The largest absolute Gasteiger partial charge is 0.386 e. The zero-order chi connectivity index (χ0) is 13.3. The van der Waals surface area contributed by atoms with Gasteiger partial charge in [-0.2, -0.15) is 0 Å². The number of aromatic nitrogens is 1. The van der Waals surface area contributed by atoms with Crippen LogP contribution in [0.4, 0.5) is 0 Å². The molecule has 1 unspecified atom stereocenters. The third-order valence-electron chi connectivity index (χ3n) is 2.98. The highest BCUT2D eigenvalue weighted by Gasteiger charge is 2.16. The summed E-state index contributed by atoms with van der Waals surface area (Å²) in [7, 11) is 0. The van der Waals surface area contributed by atoms with Crippen LogP contribution in [0.15, 0.2) is 18.2 Å². The van der Waals surface area contributed by atoms with Gasteiger partial charge in [-0.05, 0) is 32.4 Å². The lowest BCUT2D eigenvalue weighted by Crippen LogP contribution is -2.10. The number of rotatable bonds is 3. The molecular formula is C14H18N2OS. The molecule has 3 N–H and O–H groups in total. The number of hydrogen-bond donors (Lipinski definition) is 2. The molecule has 0 fully saturated rings. The van der Waals surface area contributed by atoms with Crippen molar-refractivity contribution in [2.45, 2.75) is 26.9 Å². The Kier molecular flexibility index (Phi) is 3.80. The molecule has 0 bridgehead atoms.